The molecule has 1 heterocycles. The minimum Gasteiger partial charge on any atom is -0.349 e. The first-order valence-corrected chi connectivity index (χ1v) is 5.49. The van der Waals surface area contributed by atoms with Crippen molar-refractivity contribution in [1.82, 2.24) is 10.2 Å². The van der Waals surface area contributed by atoms with Gasteiger partial charge in [-0.05, 0) is 6.92 Å². The average Bonchev–Trinajstić information content (AvgIpc) is 2.68. The van der Waals surface area contributed by atoms with E-state index in [2.05, 4.69) is 5.32 Å². The van der Waals surface area contributed by atoms with E-state index in [0.717, 1.165) is 17.1 Å². The summed E-state index contributed by atoms with van der Waals surface area (Å²) in [4.78, 5) is 35.4. The molecule has 1 rings (SSSR count). The minimum atomic E-state index is -1.80. The molecular formula is C11H16N2O5. The Bertz CT molecular complexity index is 382. The normalized spacial score (nSPS) is 19.9. The highest BCUT2D eigenvalue weighted by atomic mass is 16.6. The third-order valence-electron chi connectivity index (χ3n) is 2.75. The molecule has 0 bridgehead atoms. The summed E-state index contributed by atoms with van der Waals surface area (Å²) in [6, 6.07) is -1.02. The van der Waals surface area contributed by atoms with Crippen molar-refractivity contribution < 1.29 is 24.2 Å². The molecule has 0 aliphatic carbocycles. The van der Waals surface area contributed by atoms with Crippen LogP contribution in [-0.2, 0) is 19.1 Å². The van der Waals surface area contributed by atoms with E-state index in [4.69, 9.17) is 4.74 Å². The Morgan fingerprint density at radius 3 is 2.39 bits per heavy atom. The maximum absolute atomic E-state index is 11.8. The summed E-state index contributed by atoms with van der Waals surface area (Å²) < 4.78 is 4.74. The molecular weight excluding hydrogens is 240 g/mol. The number of methoxy groups -OCH3 is 1. The molecule has 0 aromatic carbocycles. The van der Waals surface area contributed by atoms with Gasteiger partial charge in [-0.15, -0.1) is 0 Å². The van der Waals surface area contributed by atoms with E-state index in [1.165, 1.54) is 14.0 Å². The third kappa shape index (κ3) is 2.74. The van der Waals surface area contributed by atoms with Gasteiger partial charge in [0.25, 0.3) is 11.8 Å². The van der Waals surface area contributed by atoms with Gasteiger partial charge in [-0.3, -0.25) is 19.3 Å². The molecule has 2 unspecified atom stereocenters. The first-order chi connectivity index (χ1) is 8.34. The summed E-state index contributed by atoms with van der Waals surface area (Å²) >= 11 is 0. The van der Waals surface area contributed by atoms with Crippen molar-refractivity contribution in [3.8, 4) is 0 Å². The second kappa shape index (κ2) is 5.28. The highest BCUT2D eigenvalue weighted by Crippen LogP contribution is 2.12. The van der Waals surface area contributed by atoms with Crippen molar-refractivity contribution in [3.05, 3.63) is 12.2 Å². The fourth-order valence-corrected chi connectivity index (χ4v) is 1.49. The van der Waals surface area contributed by atoms with Crippen LogP contribution in [0.1, 0.15) is 20.3 Å². The molecule has 0 saturated carbocycles. The quantitative estimate of drug-likeness (QED) is 0.492. The van der Waals surface area contributed by atoms with Gasteiger partial charge in [-0.25, -0.2) is 0 Å². The highest BCUT2D eigenvalue weighted by Gasteiger charge is 2.36. The number of amides is 3. The van der Waals surface area contributed by atoms with E-state index in [-0.39, 0.29) is 6.42 Å². The van der Waals surface area contributed by atoms with Gasteiger partial charge in [-0.2, -0.15) is 0 Å². The van der Waals surface area contributed by atoms with Gasteiger partial charge in [0.05, 0.1) is 0 Å². The number of nitrogens with one attached hydrogen (secondary N) is 1. The maximum Gasteiger partial charge on any atom is 0.254 e. The predicted octanol–water partition coefficient (Wildman–Crippen LogP) is -0.881. The van der Waals surface area contributed by atoms with Crippen LogP contribution in [0.4, 0.5) is 0 Å². The topological polar surface area (TPSA) is 95.9 Å². The van der Waals surface area contributed by atoms with Crippen LogP contribution in [0.15, 0.2) is 12.2 Å². The van der Waals surface area contributed by atoms with Crippen LogP contribution in [0.2, 0.25) is 0 Å². The molecule has 7 heteroatoms. The van der Waals surface area contributed by atoms with Crippen molar-refractivity contribution >= 4 is 17.7 Å². The Labute approximate surface area is 104 Å². The average molecular weight is 256 g/mol. The van der Waals surface area contributed by atoms with Crippen LogP contribution >= 0.6 is 0 Å². The first-order valence-electron chi connectivity index (χ1n) is 5.49. The summed E-state index contributed by atoms with van der Waals surface area (Å²) in [6.45, 7) is 3.01. The first kappa shape index (κ1) is 14.3. The molecule has 3 amide bonds. The number of aliphatic hydroxyl groups is 1. The lowest BCUT2D eigenvalue weighted by Gasteiger charge is -2.29. The van der Waals surface area contributed by atoms with Crippen LogP contribution in [0.25, 0.3) is 0 Å². The zero-order chi connectivity index (χ0) is 13.9. The number of carbonyl (C=O) groups is 3. The zero-order valence-corrected chi connectivity index (χ0v) is 10.5. The predicted molar refractivity (Wildman–Crippen MR) is 60.8 cm³/mol. The molecule has 1 aliphatic rings. The smallest absolute Gasteiger partial charge is 0.254 e. The molecule has 0 radical (unpaired) electrons. The summed E-state index contributed by atoms with van der Waals surface area (Å²) in [5.74, 6) is -3.59. The van der Waals surface area contributed by atoms with Gasteiger partial charge in [0.2, 0.25) is 11.8 Å². The molecule has 0 aromatic heterocycles. The van der Waals surface area contributed by atoms with Gasteiger partial charge < -0.3 is 15.2 Å². The molecule has 18 heavy (non-hydrogen) atoms. The van der Waals surface area contributed by atoms with Crippen LogP contribution in [0, 0.1) is 0 Å². The minimum absolute atomic E-state index is 0.127. The standard InChI is InChI=1S/C11H16N2O5/c1-4-11(17,18-3)12-10(16)7(2)13-8(14)5-6-9(13)15/h5-7,17H,4H2,1-3H3,(H,12,16). The molecule has 100 valence electrons. The Hall–Kier alpha value is -1.73. The fraction of sp³-hybridized carbons (Fsp3) is 0.545. The number of imide groups is 1. The second-order valence-corrected chi connectivity index (χ2v) is 3.89. The Morgan fingerprint density at radius 2 is 2.00 bits per heavy atom. The molecule has 0 saturated heterocycles. The van der Waals surface area contributed by atoms with Gasteiger partial charge in [0.15, 0.2) is 0 Å². The number of hydrogen-bond donors (Lipinski definition) is 2. The molecule has 7 nitrogen and oxygen atoms in total. The molecule has 0 aromatic rings. The summed E-state index contributed by atoms with van der Waals surface area (Å²) in [7, 11) is 1.24. The number of nitrogens with zero attached hydrogens (tertiary/aromatic N) is 1. The number of hydrogen-bond acceptors (Lipinski definition) is 5. The van der Waals surface area contributed by atoms with Gasteiger partial charge in [0, 0.05) is 25.7 Å². The Balaban J connectivity index is 2.73. The largest absolute Gasteiger partial charge is 0.349 e. The maximum atomic E-state index is 11.8. The van der Waals surface area contributed by atoms with E-state index in [0.29, 0.717) is 0 Å². The van der Waals surface area contributed by atoms with E-state index >= 15 is 0 Å². The lowest BCUT2D eigenvalue weighted by molar-refractivity contribution is -0.211. The second-order valence-electron chi connectivity index (χ2n) is 3.89. The van der Waals surface area contributed by atoms with Crippen LogP contribution in [0.5, 0.6) is 0 Å². The highest BCUT2D eigenvalue weighted by molar-refractivity contribution is 6.15. The summed E-state index contributed by atoms with van der Waals surface area (Å²) in [5, 5.41) is 12.0. The van der Waals surface area contributed by atoms with Gasteiger partial charge in [0.1, 0.15) is 6.04 Å². The molecule has 2 atom stereocenters. The van der Waals surface area contributed by atoms with Crippen LogP contribution in [-0.4, -0.2) is 46.8 Å². The van der Waals surface area contributed by atoms with Crippen LogP contribution < -0.4 is 5.32 Å². The van der Waals surface area contributed by atoms with Gasteiger partial charge in [-0.1, -0.05) is 6.92 Å². The molecule has 0 spiro atoms. The lowest BCUT2D eigenvalue weighted by Crippen LogP contribution is -2.56. The third-order valence-corrected chi connectivity index (χ3v) is 2.75. The van der Waals surface area contributed by atoms with Crippen molar-refractivity contribution in [1.29, 1.82) is 0 Å². The van der Waals surface area contributed by atoms with Crippen molar-refractivity contribution in [2.75, 3.05) is 7.11 Å². The van der Waals surface area contributed by atoms with E-state index in [1.807, 2.05) is 0 Å². The fourth-order valence-electron chi connectivity index (χ4n) is 1.49. The SMILES string of the molecule is CCC(O)(NC(=O)C(C)N1C(=O)C=CC1=O)OC. The Morgan fingerprint density at radius 1 is 1.50 bits per heavy atom. The number of rotatable bonds is 5. The van der Waals surface area contributed by atoms with Gasteiger partial charge >= 0.3 is 0 Å². The monoisotopic (exact) mass is 256 g/mol. The van der Waals surface area contributed by atoms with Crippen molar-refractivity contribution in [2.45, 2.75) is 32.2 Å². The zero-order valence-electron chi connectivity index (χ0n) is 10.5. The molecule has 1 aliphatic heterocycles. The summed E-state index contributed by atoms with van der Waals surface area (Å²) in [5.41, 5.74) is 0. The van der Waals surface area contributed by atoms with Crippen molar-refractivity contribution in [2.24, 2.45) is 0 Å². The Kier molecular flexibility index (Phi) is 4.20. The molecule has 0 fully saturated rings. The van der Waals surface area contributed by atoms with E-state index in [9.17, 15) is 19.5 Å². The van der Waals surface area contributed by atoms with E-state index < -0.39 is 29.7 Å². The molecule has 2 N–H and O–H groups in total. The van der Waals surface area contributed by atoms with E-state index in [1.54, 1.807) is 6.92 Å². The lowest BCUT2D eigenvalue weighted by atomic mass is 10.2. The number of ether oxygens (including phenoxy) is 1. The van der Waals surface area contributed by atoms with Crippen molar-refractivity contribution in [3.63, 3.8) is 0 Å². The van der Waals surface area contributed by atoms with Crippen LogP contribution in [0.3, 0.4) is 0 Å². The number of carbonyl (C=O) groups excluding carboxylic acids is 3. The summed E-state index contributed by atoms with van der Waals surface area (Å²) in [6.07, 6.45) is 2.31.